The molecular formula is C21H41N3O5+2. The molecule has 1 aliphatic heterocycles. The number of carboxylic acid groups (broad SMARTS) is 2. The van der Waals surface area contributed by atoms with Gasteiger partial charge < -0.3 is 19.8 Å². The highest BCUT2D eigenvalue weighted by Gasteiger charge is 2.36. The lowest BCUT2D eigenvalue weighted by Gasteiger charge is -2.28. The van der Waals surface area contributed by atoms with E-state index in [0.29, 0.717) is 4.48 Å². The number of unbranched alkanes of at least 4 members (excludes halogenated alkanes) is 7. The first-order valence-electron chi connectivity index (χ1n) is 10.5. The number of aliphatic hydroxyl groups excluding tert-OH is 1. The van der Waals surface area contributed by atoms with Crippen molar-refractivity contribution < 1.29 is 33.9 Å². The number of aliphatic hydroxyl groups is 1. The van der Waals surface area contributed by atoms with Gasteiger partial charge >= 0.3 is 11.9 Å². The van der Waals surface area contributed by atoms with Gasteiger partial charge in [-0.2, -0.15) is 0 Å². The molecule has 168 valence electrons. The molecule has 1 atom stereocenters. The molecule has 8 nitrogen and oxygen atoms in total. The van der Waals surface area contributed by atoms with Crippen molar-refractivity contribution in [3.05, 3.63) is 12.4 Å². The van der Waals surface area contributed by atoms with E-state index in [9.17, 15) is 14.7 Å². The number of amidine groups is 1. The molecule has 0 aromatic heterocycles. The van der Waals surface area contributed by atoms with Crippen LogP contribution in [0.4, 0.5) is 0 Å². The predicted octanol–water partition coefficient (Wildman–Crippen LogP) is 3.03. The molecule has 0 saturated carbocycles. The van der Waals surface area contributed by atoms with Crippen LogP contribution >= 0.6 is 0 Å². The molecule has 0 aromatic carbocycles. The number of aliphatic carboxylic acids is 2. The monoisotopic (exact) mass is 415 g/mol. The fraction of sp³-hybridized carbons (Fsp3) is 0.762. The summed E-state index contributed by atoms with van der Waals surface area (Å²) in [4.78, 5) is 25.2. The van der Waals surface area contributed by atoms with Crippen LogP contribution in [0.15, 0.2) is 17.4 Å². The summed E-state index contributed by atoms with van der Waals surface area (Å²) in [5.41, 5.74) is 0. The zero-order chi connectivity index (χ0) is 22.3. The van der Waals surface area contributed by atoms with E-state index < -0.39 is 11.9 Å². The highest BCUT2D eigenvalue weighted by Crippen LogP contribution is 2.20. The third kappa shape index (κ3) is 13.1. The molecule has 0 bridgehead atoms. The van der Waals surface area contributed by atoms with E-state index in [4.69, 9.17) is 10.2 Å². The van der Waals surface area contributed by atoms with Gasteiger partial charge in [0.2, 0.25) is 5.84 Å². The second kappa shape index (κ2) is 14.3. The van der Waals surface area contributed by atoms with E-state index >= 15 is 0 Å². The Morgan fingerprint density at radius 1 is 0.966 bits per heavy atom. The van der Waals surface area contributed by atoms with Gasteiger partial charge in [0.1, 0.15) is 6.20 Å². The second-order valence-electron chi connectivity index (χ2n) is 8.64. The zero-order valence-electron chi connectivity index (χ0n) is 18.6. The highest BCUT2D eigenvalue weighted by atomic mass is 16.4. The minimum Gasteiger partial charge on any atom is -0.477 e. The van der Waals surface area contributed by atoms with Crippen LogP contribution in [0.5, 0.6) is 0 Å². The van der Waals surface area contributed by atoms with Crippen molar-refractivity contribution in [3.8, 4) is 0 Å². The second-order valence-corrected chi connectivity index (χ2v) is 8.64. The first-order chi connectivity index (χ1) is 13.6. The van der Waals surface area contributed by atoms with E-state index in [2.05, 4.69) is 11.9 Å². The van der Waals surface area contributed by atoms with Crippen molar-refractivity contribution in [2.24, 2.45) is 4.99 Å². The summed E-state index contributed by atoms with van der Waals surface area (Å²) in [6, 6.07) is 0. The SMILES string of the molecule is CCCCCCCCCCC1=NC=C[N+]1(CO)CC(=O)O.C[N+](C)(C)CC(=O)O. The number of rotatable bonds is 14. The molecule has 1 rings (SSSR count). The van der Waals surface area contributed by atoms with Gasteiger partial charge in [0.25, 0.3) is 0 Å². The van der Waals surface area contributed by atoms with Crippen LogP contribution in [0.25, 0.3) is 0 Å². The van der Waals surface area contributed by atoms with E-state index in [1.54, 1.807) is 12.4 Å². The van der Waals surface area contributed by atoms with Gasteiger partial charge in [-0.05, 0) is 6.42 Å². The molecule has 0 spiro atoms. The Labute approximate surface area is 175 Å². The van der Waals surface area contributed by atoms with Crippen molar-refractivity contribution in [2.75, 3.05) is 41.0 Å². The topological polar surface area (TPSA) is 107 Å². The Bertz CT molecular complexity index is 555. The molecule has 1 aliphatic rings. The van der Waals surface area contributed by atoms with Gasteiger partial charge in [0.05, 0.1) is 27.3 Å². The van der Waals surface area contributed by atoms with Crippen LogP contribution in [0.2, 0.25) is 0 Å². The van der Waals surface area contributed by atoms with Crippen LogP contribution in [0, 0.1) is 0 Å². The Morgan fingerprint density at radius 3 is 1.93 bits per heavy atom. The molecule has 0 radical (unpaired) electrons. The van der Waals surface area contributed by atoms with E-state index in [1.165, 1.54) is 38.5 Å². The standard InChI is InChI=1S/C16H28N2O3.C5H11NO2/c1-2-3-4-5-6-7-8-9-10-15-17-11-12-18(15,14-19)13-16(20)21;1-6(2,3)4-5(7)8/h11-12,19H,2-10,13-14H2,1H3;4H2,1-3H3/p+2. The van der Waals surface area contributed by atoms with Crippen molar-refractivity contribution >= 4 is 17.8 Å². The van der Waals surface area contributed by atoms with Gasteiger partial charge in [-0.25, -0.2) is 19.1 Å². The van der Waals surface area contributed by atoms with Crippen molar-refractivity contribution in [3.63, 3.8) is 0 Å². The summed E-state index contributed by atoms with van der Waals surface area (Å²) in [7, 11) is 5.52. The zero-order valence-corrected chi connectivity index (χ0v) is 18.6. The quantitative estimate of drug-likeness (QED) is 0.299. The highest BCUT2D eigenvalue weighted by molar-refractivity contribution is 5.81. The van der Waals surface area contributed by atoms with Crippen LogP contribution in [-0.2, 0) is 9.59 Å². The number of carboxylic acids is 2. The molecule has 0 saturated heterocycles. The minimum absolute atomic E-state index is 0.0359. The third-order valence-electron chi connectivity index (χ3n) is 4.62. The average molecular weight is 416 g/mol. The van der Waals surface area contributed by atoms with Crippen LogP contribution < -0.4 is 0 Å². The summed E-state index contributed by atoms with van der Waals surface area (Å²) >= 11 is 0. The largest absolute Gasteiger partial charge is 0.477 e. The van der Waals surface area contributed by atoms with Gasteiger partial charge in [0.15, 0.2) is 19.8 Å². The Hall–Kier alpha value is -1.77. The lowest BCUT2D eigenvalue weighted by Crippen LogP contribution is -2.50. The Morgan fingerprint density at radius 2 is 1.52 bits per heavy atom. The lowest BCUT2D eigenvalue weighted by molar-refractivity contribution is -0.862. The van der Waals surface area contributed by atoms with Gasteiger partial charge in [-0.3, -0.25) is 0 Å². The smallest absolute Gasteiger partial charge is 0.360 e. The van der Waals surface area contributed by atoms with Gasteiger partial charge in [0, 0.05) is 6.42 Å². The minimum atomic E-state index is -0.917. The van der Waals surface area contributed by atoms with Crippen LogP contribution in [-0.4, -0.2) is 83.0 Å². The molecule has 8 heteroatoms. The lowest BCUT2D eigenvalue weighted by atomic mass is 10.1. The third-order valence-corrected chi connectivity index (χ3v) is 4.62. The molecule has 1 unspecified atom stereocenters. The predicted molar refractivity (Wildman–Crippen MR) is 114 cm³/mol. The number of hydrogen-bond donors (Lipinski definition) is 3. The molecule has 3 N–H and O–H groups in total. The molecule has 29 heavy (non-hydrogen) atoms. The van der Waals surface area contributed by atoms with Gasteiger partial charge in [-0.15, -0.1) is 0 Å². The number of carbonyl (C=O) groups is 2. The first-order valence-corrected chi connectivity index (χ1v) is 10.5. The molecular weight excluding hydrogens is 374 g/mol. The van der Waals surface area contributed by atoms with E-state index in [-0.39, 0.29) is 24.3 Å². The molecule has 0 fully saturated rings. The summed E-state index contributed by atoms with van der Waals surface area (Å²) in [6.45, 7) is 2.03. The number of quaternary nitrogens is 2. The van der Waals surface area contributed by atoms with Crippen molar-refractivity contribution in [1.82, 2.24) is 0 Å². The number of nitrogens with zero attached hydrogens (tertiary/aromatic N) is 3. The summed E-state index contributed by atoms with van der Waals surface area (Å²) in [5.74, 6) is -0.900. The van der Waals surface area contributed by atoms with Crippen LogP contribution in [0.1, 0.15) is 64.7 Å². The molecule has 0 aliphatic carbocycles. The number of aliphatic imine (C=N–C) groups is 1. The first kappa shape index (κ1) is 27.2. The maximum absolute atomic E-state index is 11.0. The summed E-state index contributed by atoms with van der Waals surface area (Å²) in [5, 5.41) is 26.8. The van der Waals surface area contributed by atoms with Crippen molar-refractivity contribution in [1.29, 1.82) is 0 Å². The van der Waals surface area contributed by atoms with Gasteiger partial charge in [-0.1, -0.05) is 51.9 Å². The number of hydrogen-bond acceptors (Lipinski definition) is 4. The maximum Gasteiger partial charge on any atom is 0.360 e. The Balaban J connectivity index is 0.000000828. The molecule has 1 heterocycles. The number of likely N-dealkylation sites (N-methyl/N-ethyl adjacent to an activating group) is 1. The molecule has 0 amide bonds. The van der Waals surface area contributed by atoms with E-state index in [0.717, 1.165) is 25.1 Å². The van der Waals surface area contributed by atoms with Crippen LogP contribution in [0.3, 0.4) is 0 Å². The normalized spacial score (nSPS) is 18.2. The fourth-order valence-corrected chi connectivity index (χ4v) is 3.12. The molecule has 0 aromatic rings. The summed E-state index contributed by atoms with van der Waals surface area (Å²) < 4.78 is 0.446. The van der Waals surface area contributed by atoms with E-state index in [1.807, 2.05) is 21.1 Å². The average Bonchev–Trinajstić information content (AvgIpc) is 2.98. The van der Waals surface area contributed by atoms with Crippen molar-refractivity contribution in [2.45, 2.75) is 64.7 Å². The Kier molecular flexibility index (Phi) is 13.4. The summed E-state index contributed by atoms with van der Waals surface area (Å²) in [6.07, 6.45) is 13.9. The fourth-order valence-electron chi connectivity index (χ4n) is 3.12. The maximum atomic E-state index is 11.0.